The van der Waals surface area contributed by atoms with Crippen LogP contribution < -0.4 is 11.1 Å². The summed E-state index contributed by atoms with van der Waals surface area (Å²) in [6.45, 7) is 4.54. The second kappa shape index (κ2) is 5.40. The second-order valence-electron chi connectivity index (χ2n) is 4.30. The van der Waals surface area contributed by atoms with Gasteiger partial charge in [-0.2, -0.15) is 4.98 Å². The summed E-state index contributed by atoms with van der Waals surface area (Å²) < 4.78 is 0. The Labute approximate surface area is 113 Å². The van der Waals surface area contributed by atoms with Crippen molar-refractivity contribution in [3.8, 4) is 23.6 Å². The van der Waals surface area contributed by atoms with Crippen molar-refractivity contribution in [2.24, 2.45) is 0 Å². The molecule has 0 fully saturated rings. The van der Waals surface area contributed by atoms with Gasteiger partial charge in [0.2, 0.25) is 5.95 Å². The largest absolute Gasteiger partial charge is 0.368 e. The smallest absolute Gasteiger partial charge is 0.222 e. The van der Waals surface area contributed by atoms with Gasteiger partial charge in [0.25, 0.3) is 0 Å². The maximum Gasteiger partial charge on any atom is 0.222 e. The van der Waals surface area contributed by atoms with Crippen molar-refractivity contribution in [2.45, 2.75) is 13.8 Å². The molecule has 0 saturated heterocycles. The van der Waals surface area contributed by atoms with E-state index in [4.69, 9.17) is 12.2 Å². The van der Waals surface area contributed by atoms with Gasteiger partial charge in [-0.1, -0.05) is 24.1 Å². The van der Waals surface area contributed by atoms with E-state index in [1.165, 1.54) is 11.1 Å². The van der Waals surface area contributed by atoms with E-state index in [2.05, 4.69) is 41.1 Å². The summed E-state index contributed by atoms with van der Waals surface area (Å²) in [5.74, 6) is 3.38. The van der Waals surface area contributed by atoms with Crippen LogP contribution in [-0.2, 0) is 0 Å². The topological polar surface area (TPSA) is 63.8 Å². The monoisotopic (exact) mass is 252 g/mol. The molecule has 4 nitrogen and oxygen atoms in total. The highest BCUT2D eigenvalue weighted by molar-refractivity contribution is 5.68. The van der Waals surface area contributed by atoms with Gasteiger partial charge in [-0.05, 0) is 25.0 Å². The van der Waals surface area contributed by atoms with Crippen LogP contribution in [0.1, 0.15) is 11.1 Å². The number of nitrogens with one attached hydrogen (secondary N) is 1. The summed E-state index contributed by atoms with van der Waals surface area (Å²) in [7, 11) is 0. The molecule has 19 heavy (non-hydrogen) atoms. The molecule has 0 atom stereocenters. The standard InChI is InChI=1S/C15H16N4/c1-4-8-17-14-9-13(18-15(16)19-14)12-7-5-6-10(2)11(12)3/h1,5-7,9H,8H2,2-3H3,(H3,16,17,18,19). The van der Waals surface area contributed by atoms with Crippen molar-refractivity contribution < 1.29 is 0 Å². The van der Waals surface area contributed by atoms with Crippen LogP contribution in [-0.4, -0.2) is 16.5 Å². The van der Waals surface area contributed by atoms with E-state index in [0.29, 0.717) is 12.4 Å². The third-order valence-electron chi connectivity index (χ3n) is 3.00. The Morgan fingerprint density at radius 1 is 1.32 bits per heavy atom. The van der Waals surface area contributed by atoms with Gasteiger partial charge >= 0.3 is 0 Å². The van der Waals surface area contributed by atoms with E-state index in [0.717, 1.165) is 11.3 Å². The molecule has 2 aromatic rings. The Kier molecular flexibility index (Phi) is 3.67. The summed E-state index contributed by atoms with van der Waals surface area (Å²) in [5.41, 5.74) is 9.99. The summed E-state index contributed by atoms with van der Waals surface area (Å²) >= 11 is 0. The van der Waals surface area contributed by atoms with Crippen molar-refractivity contribution in [1.82, 2.24) is 9.97 Å². The number of terminal acetylenes is 1. The van der Waals surface area contributed by atoms with E-state index < -0.39 is 0 Å². The number of hydrogen-bond acceptors (Lipinski definition) is 4. The van der Waals surface area contributed by atoms with Gasteiger partial charge in [0.05, 0.1) is 12.2 Å². The maximum absolute atomic E-state index is 5.74. The zero-order valence-electron chi connectivity index (χ0n) is 11.1. The first-order valence-electron chi connectivity index (χ1n) is 6.00. The third kappa shape index (κ3) is 2.83. The predicted octanol–water partition coefficient (Wildman–Crippen LogP) is 2.39. The van der Waals surface area contributed by atoms with E-state index in [1.54, 1.807) is 0 Å². The van der Waals surface area contributed by atoms with E-state index in [9.17, 15) is 0 Å². The molecule has 4 heteroatoms. The summed E-state index contributed by atoms with van der Waals surface area (Å²) in [4.78, 5) is 8.40. The summed E-state index contributed by atoms with van der Waals surface area (Å²) in [6, 6.07) is 7.95. The van der Waals surface area contributed by atoms with E-state index in [-0.39, 0.29) is 5.95 Å². The Morgan fingerprint density at radius 3 is 2.84 bits per heavy atom. The number of rotatable bonds is 3. The zero-order chi connectivity index (χ0) is 13.8. The fourth-order valence-corrected chi connectivity index (χ4v) is 1.86. The van der Waals surface area contributed by atoms with Crippen LogP contribution in [0.25, 0.3) is 11.3 Å². The van der Waals surface area contributed by atoms with Gasteiger partial charge < -0.3 is 11.1 Å². The molecule has 1 aromatic heterocycles. The van der Waals surface area contributed by atoms with Gasteiger partial charge in [0.1, 0.15) is 5.82 Å². The van der Waals surface area contributed by atoms with Crippen molar-refractivity contribution in [3.05, 3.63) is 35.4 Å². The van der Waals surface area contributed by atoms with Gasteiger partial charge in [0.15, 0.2) is 0 Å². The normalized spacial score (nSPS) is 9.95. The lowest BCUT2D eigenvalue weighted by Gasteiger charge is -2.10. The third-order valence-corrected chi connectivity index (χ3v) is 3.00. The molecular weight excluding hydrogens is 236 g/mol. The first kappa shape index (κ1) is 12.9. The van der Waals surface area contributed by atoms with Gasteiger partial charge in [-0.15, -0.1) is 6.42 Å². The molecule has 1 heterocycles. The van der Waals surface area contributed by atoms with Crippen LogP contribution in [0.15, 0.2) is 24.3 Å². The Bertz CT molecular complexity index is 641. The number of anilines is 2. The number of aryl methyl sites for hydroxylation is 1. The predicted molar refractivity (Wildman–Crippen MR) is 78.7 cm³/mol. The Balaban J connectivity index is 2.47. The molecule has 3 N–H and O–H groups in total. The minimum atomic E-state index is 0.234. The average molecular weight is 252 g/mol. The van der Waals surface area contributed by atoms with Crippen LogP contribution in [0.5, 0.6) is 0 Å². The molecule has 0 aliphatic rings. The molecule has 0 radical (unpaired) electrons. The Morgan fingerprint density at radius 2 is 2.11 bits per heavy atom. The first-order valence-corrected chi connectivity index (χ1v) is 6.00. The molecule has 0 amide bonds. The SMILES string of the molecule is C#CCNc1cc(-c2cccc(C)c2C)nc(N)n1. The summed E-state index contributed by atoms with van der Waals surface area (Å²) in [5, 5.41) is 3.01. The van der Waals surface area contributed by atoms with Crippen LogP contribution in [0.3, 0.4) is 0 Å². The van der Waals surface area contributed by atoms with Crippen LogP contribution in [0.2, 0.25) is 0 Å². The molecule has 0 spiro atoms. The van der Waals surface area contributed by atoms with Crippen molar-refractivity contribution >= 4 is 11.8 Å². The number of hydrogen-bond donors (Lipinski definition) is 2. The van der Waals surface area contributed by atoms with Crippen LogP contribution in [0, 0.1) is 26.2 Å². The zero-order valence-corrected chi connectivity index (χ0v) is 11.1. The molecule has 0 saturated carbocycles. The highest BCUT2D eigenvalue weighted by atomic mass is 15.1. The highest BCUT2D eigenvalue weighted by Crippen LogP contribution is 2.25. The fourth-order valence-electron chi connectivity index (χ4n) is 1.86. The second-order valence-corrected chi connectivity index (χ2v) is 4.30. The lowest BCUT2D eigenvalue weighted by molar-refractivity contribution is 1.16. The van der Waals surface area contributed by atoms with Crippen molar-refractivity contribution in [3.63, 3.8) is 0 Å². The number of nitrogens with zero attached hydrogens (tertiary/aromatic N) is 2. The molecule has 0 bridgehead atoms. The Hall–Kier alpha value is -2.54. The minimum absolute atomic E-state index is 0.234. The summed E-state index contributed by atoms with van der Waals surface area (Å²) in [6.07, 6.45) is 5.22. The van der Waals surface area contributed by atoms with Gasteiger partial charge in [-0.3, -0.25) is 0 Å². The fraction of sp³-hybridized carbons (Fsp3) is 0.200. The molecule has 0 aliphatic carbocycles. The van der Waals surface area contributed by atoms with E-state index >= 15 is 0 Å². The number of nitrogen functional groups attached to an aromatic ring is 1. The van der Waals surface area contributed by atoms with Crippen LogP contribution in [0.4, 0.5) is 11.8 Å². The van der Waals surface area contributed by atoms with Crippen molar-refractivity contribution in [2.75, 3.05) is 17.6 Å². The minimum Gasteiger partial charge on any atom is -0.368 e. The molecule has 2 rings (SSSR count). The van der Waals surface area contributed by atoms with Crippen LogP contribution >= 0.6 is 0 Å². The van der Waals surface area contributed by atoms with Gasteiger partial charge in [-0.25, -0.2) is 4.98 Å². The van der Waals surface area contributed by atoms with Gasteiger partial charge in [0, 0.05) is 11.6 Å². The number of benzene rings is 1. The maximum atomic E-state index is 5.74. The molecule has 0 unspecified atom stereocenters. The average Bonchev–Trinajstić information content (AvgIpc) is 2.39. The number of aromatic nitrogens is 2. The molecular formula is C15H16N4. The van der Waals surface area contributed by atoms with Crippen molar-refractivity contribution in [1.29, 1.82) is 0 Å². The molecule has 0 aliphatic heterocycles. The first-order chi connectivity index (χ1) is 9.11. The molecule has 96 valence electrons. The molecule has 1 aromatic carbocycles. The highest BCUT2D eigenvalue weighted by Gasteiger charge is 2.08. The quantitative estimate of drug-likeness (QED) is 0.823. The lowest BCUT2D eigenvalue weighted by Crippen LogP contribution is -2.05. The lowest BCUT2D eigenvalue weighted by atomic mass is 10.0. The van der Waals surface area contributed by atoms with E-state index in [1.807, 2.05) is 18.2 Å². The number of nitrogens with two attached hydrogens (primary N) is 1.